The number of unbranched alkanes of at least 4 members (excludes halogenated alkanes) is 1. The highest BCUT2D eigenvalue weighted by Gasteiger charge is 1.97. The van der Waals surface area contributed by atoms with Crippen LogP contribution >= 0.6 is 0 Å². The quantitative estimate of drug-likeness (QED) is 0.519. The molecule has 0 unspecified atom stereocenters. The van der Waals surface area contributed by atoms with E-state index in [1.807, 2.05) is 0 Å². The number of hydrogen-bond acceptors (Lipinski definition) is 2. The van der Waals surface area contributed by atoms with Crippen molar-refractivity contribution in [2.75, 3.05) is 33.4 Å². The first-order valence-corrected chi connectivity index (χ1v) is 6.43. The summed E-state index contributed by atoms with van der Waals surface area (Å²) in [5, 5.41) is 0. The van der Waals surface area contributed by atoms with Crippen molar-refractivity contribution in [3.63, 3.8) is 0 Å². The lowest BCUT2D eigenvalue weighted by molar-refractivity contribution is 0.106. The van der Waals surface area contributed by atoms with E-state index in [9.17, 15) is 0 Å². The molecule has 0 saturated carbocycles. The second-order valence-electron chi connectivity index (χ2n) is 4.81. The molecule has 0 aliphatic heterocycles. The summed E-state index contributed by atoms with van der Waals surface area (Å²) in [5.74, 6) is 0.806. The van der Waals surface area contributed by atoms with Crippen molar-refractivity contribution >= 4 is 0 Å². The maximum Gasteiger partial charge on any atom is 0.0593 e. The van der Waals surface area contributed by atoms with E-state index in [0.717, 1.165) is 25.7 Å². The number of hydrogen-bond donors (Lipinski definition) is 0. The molecule has 0 amide bonds. The molecule has 92 valence electrons. The molecule has 2 heteroatoms. The van der Waals surface area contributed by atoms with Crippen LogP contribution in [0.1, 0.15) is 46.5 Å². The fourth-order valence-electron chi connectivity index (χ4n) is 1.46. The molecule has 0 radical (unpaired) electrons. The second-order valence-corrected chi connectivity index (χ2v) is 4.81. The van der Waals surface area contributed by atoms with E-state index < -0.39 is 0 Å². The van der Waals surface area contributed by atoms with Crippen LogP contribution in [0.3, 0.4) is 0 Å². The zero-order valence-corrected chi connectivity index (χ0v) is 11.1. The van der Waals surface area contributed by atoms with Crippen LogP contribution in [-0.2, 0) is 4.74 Å². The molecule has 0 bridgehead atoms. The van der Waals surface area contributed by atoms with E-state index in [-0.39, 0.29) is 0 Å². The van der Waals surface area contributed by atoms with Gasteiger partial charge in [-0.2, -0.15) is 0 Å². The summed E-state index contributed by atoms with van der Waals surface area (Å²) >= 11 is 0. The Balaban J connectivity index is 3.09. The van der Waals surface area contributed by atoms with Gasteiger partial charge in [0.2, 0.25) is 0 Å². The van der Waals surface area contributed by atoms with Crippen molar-refractivity contribution in [2.45, 2.75) is 46.5 Å². The fourth-order valence-corrected chi connectivity index (χ4v) is 1.46. The fraction of sp³-hybridized carbons (Fsp3) is 1.00. The van der Waals surface area contributed by atoms with E-state index in [1.165, 1.54) is 32.2 Å². The molecular formula is C13H29NO. The summed E-state index contributed by atoms with van der Waals surface area (Å²) in [6, 6.07) is 0. The van der Waals surface area contributed by atoms with Gasteiger partial charge in [-0.3, -0.25) is 0 Å². The Bertz CT molecular complexity index is 126. The lowest BCUT2D eigenvalue weighted by atomic mass is 10.1. The summed E-state index contributed by atoms with van der Waals surface area (Å²) in [4.78, 5) is 2.35. The lowest BCUT2D eigenvalue weighted by Gasteiger charge is -2.15. The Labute approximate surface area is 96.0 Å². The Morgan fingerprint density at radius 2 is 1.80 bits per heavy atom. The molecule has 0 N–H and O–H groups in total. The van der Waals surface area contributed by atoms with Crippen LogP contribution in [0.15, 0.2) is 0 Å². The highest BCUT2D eigenvalue weighted by molar-refractivity contribution is 4.50. The van der Waals surface area contributed by atoms with Crippen molar-refractivity contribution in [1.29, 1.82) is 0 Å². The predicted octanol–water partition coefficient (Wildman–Crippen LogP) is 3.17. The minimum absolute atomic E-state index is 0.806. The SMILES string of the molecule is CCCCN(C)CCOCCCC(C)C. The Morgan fingerprint density at radius 3 is 2.40 bits per heavy atom. The van der Waals surface area contributed by atoms with Gasteiger partial charge in [-0.25, -0.2) is 0 Å². The monoisotopic (exact) mass is 215 g/mol. The third kappa shape index (κ3) is 11.8. The van der Waals surface area contributed by atoms with Gasteiger partial charge in [-0.05, 0) is 38.8 Å². The topological polar surface area (TPSA) is 12.5 Å². The molecule has 2 nitrogen and oxygen atoms in total. The smallest absolute Gasteiger partial charge is 0.0593 e. The molecule has 0 aliphatic rings. The maximum atomic E-state index is 5.59. The Kier molecular flexibility index (Phi) is 10.4. The molecule has 0 aromatic heterocycles. The predicted molar refractivity (Wildman–Crippen MR) is 67.3 cm³/mol. The highest BCUT2D eigenvalue weighted by atomic mass is 16.5. The minimum atomic E-state index is 0.806. The summed E-state index contributed by atoms with van der Waals surface area (Å²) in [5.41, 5.74) is 0. The molecule has 0 aliphatic carbocycles. The summed E-state index contributed by atoms with van der Waals surface area (Å²) in [6.45, 7) is 10.8. The summed E-state index contributed by atoms with van der Waals surface area (Å²) in [7, 11) is 2.17. The van der Waals surface area contributed by atoms with Crippen LogP contribution in [0, 0.1) is 5.92 Å². The van der Waals surface area contributed by atoms with Gasteiger partial charge >= 0.3 is 0 Å². The molecule has 0 heterocycles. The van der Waals surface area contributed by atoms with Crippen molar-refractivity contribution < 1.29 is 4.74 Å². The first kappa shape index (κ1) is 14.9. The van der Waals surface area contributed by atoms with Gasteiger partial charge in [0.15, 0.2) is 0 Å². The number of nitrogens with zero attached hydrogens (tertiary/aromatic N) is 1. The zero-order valence-electron chi connectivity index (χ0n) is 11.1. The average molecular weight is 215 g/mol. The van der Waals surface area contributed by atoms with Gasteiger partial charge in [0.05, 0.1) is 6.61 Å². The molecule has 0 atom stereocenters. The van der Waals surface area contributed by atoms with Crippen LogP contribution in [0.5, 0.6) is 0 Å². The van der Waals surface area contributed by atoms with E-state index >= 15 is 0 Å². The largest absolute Gasteiger partial charge is 0.380 e. The van der Waals surface area contributed by atoms with E-state index in [0.29, 0.717) is 0 Å². The van der Waals surface area contributed by atoms with E-state index in [2.05, 4.69) is 32.7 Å². The Morgan fingerprint density at radius 1 is 1.07 bits per heavy atom. The number of likely N-dealkylation sites (N-methyl/N-ethyl adjacent to an activating group) is 1. The molecule has 0 saturated heterocycles. The molecular weight excluding hydrogens is 186 g/mol. The Hall–Kier alpha value is -0.0800. The van der Waals surface area contributed by atoms with Gasteiger partial charge in [0.25, 0.3) is 0 Å². The number of ether oxygens (including phenoxy) is 1. The first-order chi connectivity index (χ1) is 7.16. The standard InChI is InChI=1S/C13H29NO/c1-5-6-9-14(4)10-12-15-11-7-8-13(2)3/h13H,5-12H2,1-4H3. The second kappa shape index (κ2) is 10.4. The number of rotatable bonds is 10. The van der Waals surface area contributed by atoms with Crippen LogP contribution < -0.4 is 0 Å². The molecule has 0 fully saturated rings. The van der Waals surface area contributed by atoms with Crippen LogP contribution in [0.4, 0.5) is 0 Å². The highest BCUT2D eigenvalue weighted by Crippen LogP contribution is 2.02. The molecule has 15 heavy (non-hydrogen) atoms. The lowest BCUT2D eigenvalue weighted by Crippen LogP contribution is -2.24. The van der Waals surface area contributed by atoms with Gasteiger partial charge in [0, 0.05) is 13.2 Å². The van der Waals surface area contributed by atoms with Crippen LogP contribution in [-0.4, -0.2) is 38.3 Å². The van der Waals surface area contributed by atoms with Crippen LogP contribution in [0.2, 0.25) is 0 Å². The van der Waals surface area contributed by atoms with Crippen molar-refractivity contribution in [2.24, 2.45) is 5.92 Å². The zero-order chi connectivity index (χ0) is 11.5. The van der Waals surface area contributed by atoms with Crippen molar-refractivity contribution in [1.82, 2.24) is 4.90 Å². The van der Waals surface area contributed by atoms with E-state index in [1.54, 1.807) is 0 Å². The van der Waals surface area contributed by atoms with E-state index in [4.69, 9.17) is 4.74 Å². The third-order valence-electron chi connectivity index (χ3n) is 2.58. The first-order valence-electron chi connectivity index (χ1n) is 6.43. The molecule has 0 spiro atoms. The normalized spacial score (nSPS) is 11.6. The summed E-state index contributed by atoms with van der Waals surface area (Å²) < 4.78 is 5.59. The summed E-state index contributed by atoms with van der Waals surface area (Å²) in [6.07, 6.45) is 5.06. The van der Waals surface area contributed by atoms with Gasteiger partial charge in [0.1, 0.15) is 0 Å². The van der Waals surface area contributed by atoms with Gasteiger partial charge < -0.3 is 9.64 Å². The van der Waals surface area contributed by atoms with Crippen molar-refractivity contribution in [3.8, 4) is 0 Å². The van der Waals surface area contributed by atoms with Gasteiger partial charge in [-0.15, -0.1) is 0 Å². The van der Waals surface area contributed by atoms with Crippen LogP contribution in [0.25, 0.3) is 0 Å². The minimum Gasteiger partial charge on any atom is -0.380 e. The average Bonchev–Trinajstić information content (AvgIpc) is 2.19. The third-order valence-corrected chi connectivity index (χ3v) is 2.58. The maximum absolute atomic E-state index is 5.59. The molecule has 0 aromatic rings. The molecule has 0 rings (SSSR count). The molecule has 0 aromatic carbocycles. The van der Waals surface area contributed by atoms with Gasteiger partial charge in [-0.1, -0.05) is 27.2 Å². The van der Waals surface area contributed by atoms with Crippen molar-refractivity contribution in [3.05, 3.63) is 0 Å².